The fourth-order valence-corrected chi connectivity index (χ4v) is 2.66. The van der Waals surface area contributed by atoms with E-state index < -0.39 is 11.8 Å². The van der Waals surface area contributed by atoms with Gasteiger partial charge in [-0.1, -0.05) is 54.6 Å². The van der Waals surface area contributed by atoms with Crippen LogP contribution in [0.1, 0.15) is 15.9 Å². The van der Waals surface area contributed by atoms with Gasteiger partial charge in [0.05, 0.1) is 5.56 Å². The van der Waals surface area contributed by atoms with Crippen molar-refractivity contribution in [2.75, 3.05) is 0 Å². The molecule has 0 saturated heterocycles. The third-order valence-electron chi connectivity index (χ3n) is 3.86. The van der Waals surface area contributed by atoms with E-state index in [2.05, 4.69) is 16.2 Å². The van der Waals surface area contributed by atoms with E-state index in [0.717, 1.165) is 16.3 Å². The monoisotopic (exact) mass is 391 g/mol. The van der Waals surface area contributed by atoms with E-state index in [9.17, 15) is 14.7 Å². The zero-order valence-electron chi connectivity index (χ0n) is 14.7. The standard InChI is InChI=1S/C21H17N3O3S/c25-18-13-16-9-5-4-8-15(16)12-17(18)20(27)23-24-21(28)22-19(26)11-10-14-6-2-1-3-7-14/h1-13,25H,(H,23,27)(H2,22,24,26,28)/b11-10+. The van der Waals surface area contributed by atoms with Crippen LogP contribution >= 0.6 is 12.2 Å². The summed E-state index contributed by atoms with van der Waals surface area (Å²) in [5.74, 6) is -1.18. The van der Waals surface area contributed by atoms with Gasteiger partial charge in [-0.2, -0.15) is 0 Å². The Morgan fingerprint density at radius 3 is 2.25 bits per heavy atom. The maximum atomic E-state index is 12.3. The largest absolute Gasteiger partial charge is 0.507 e. The lowest BCUT2D eigenvalue weighted by Crippen LogP contribution is -2.48. The molecule has 0 atom stereocenters. The van der Waals surface area contributed by atoms with Gasteiger partial charge in [-0.25, -0.2) is 0 Å². The Bertz CT molecular complexity index is 1060. The van der Waals surface area contributed by atoms with Crippen LogP contribution < -0.4 is 16.2 Å². The second-order valence-electron chi connectivity index (χ2n) is 5.86. The number of amides is 2. The average molecular weight is 391 g/mol. The van der Waals surface area contributed by atoms with Crippen LogP contribution in [0.25, 0.3) is 16.8 Å². The molecule has 6 nitrogen and oxygen atoms in total. The van der Waals surface area contributed by atoms with E-state index in [-0.39, 0.29) is 16.4 Å². The first kappa shape index (κ1) is 19.1. The maximum Gasteiger partial charge on any atom is 0.273 e. The number of rotatable bonds is 3. The molecule has 0 radical (unpaired) electrons. The molecule has 4 N–H and O–H groups in total. The number of nitrogens with one attached hydrogen (secondary N) is 3. The molecule has 28 heavy (non-hydrogen) atoms. The fraction of sp³-hybridized carbons (Fsp3) is 0. The summed E-state index contributed by atoms with van der Waals surface area (Å²) >= 11 is 4.99. The Morgan fingerprint density at radius 2 is 1.54 bits per heavy atom. The molecule has 0 spiro atoms. The van der Waals surface area contributed by atoms with Gasteiger partial charge in [0, 0.05) is 6.08 Å². The highest BCUT2D eigenvalue weighted by Gasteiger charge is 2.13. The van der Waals surface area contributed by atoms with Crippen molar-refractivity contribution in [2.24, 2.45) is 0 Å². The van der Waals surface area contributed by atoms with Crippen molar-refractivity contribution in [1.82, 2.24) is 16.2 Å². The van der Waals surface area contributed by atoms with Crippen LogP contribution in [0.4, 0.5) is 0 Å². The Labute approximate surface area is 166 Å². The number of phenols is 1. The normalized spacial score (nSPS) is 10.6. The fourth-order valence-electron chi connectivity index (χ4n) is 2.51. The number of hydrazine groups is 1. The number of fused-ring (bicyclic) bond motifs is 1. The third-order valence-corrected chi connectivity index (χ3v) is 4.07. The summed E-state index contributed by atoms with van der Waals surface area (Å²) in [5.41, 5.74) is 5.75. The van der Waals surface area contributed by atoms with Crippen LogP contribution in [-0.2, 0) is 4.79 Å². The summed E-state index contributed by atoms with van der Waals surface area (Å²) in [6, 6.07) is 19.8. The van der Waals surface area contributed by atoms with E-state index in [1.165, 1.54) is 12.1 Å². The van der Waals surface area contributed by atoms with Crippen LogP contribution in [0.5, 0.6) is 5.75 Å². The van der Waals surface area contributed by atoms with Crippen LogP contribution in [0.3, 0.4) is 0 Å². The number of hydrogen-bond acceptors (Lipinski definition) is 4. The summed E-state index contributed by atoms with van der Waals surface area (Å²) in [7, 11) is 0. The number of phenolic OH excluding ortho intramolecular Hbond substituents is 1. The lowest BCUT2D eigenvalue weighted by atomic mass is 10.1. The molecule has 0 fully saturated rings. The Hall–Kier alpha value is -3.71. The van der Waals surface area contributed by atoms with Crippen molar-refractivity contribution in [3.8, 4) is 5.75 Å². The number of hydrogen-bond donors (Lipinski definition) is 4. The number of benzene rings is 3. The van der Waals surface area contributed by atoms with Gasteiger partial charge < -0.3 is 5.11 Å². The van der Waals surface area contributed by atoms with Gasteiger partial charge in [0.15, 0.2) is 5.11 Å². The summed E-state index contributed by atoms with van der Waals surface area (Å²) in [6.07, 6.45) is 2.98. The molecule has 3 aromatic carbocycles. The van der Waals surface area contributed by atoms with Crippen molar-refractivity contribution in [3.63, 3.8) is 0 Å². The minimum atomic E-state index is -0.584. The molecule has 0 aliphatic heterocycles. The first-order valence-electron chi connectivity index (χ1n) is 8.39. The average Bonchev–Trinajstić information content (AvgIpc) is 2.70. The molecule has 0 unspecified atom stereocenters. The van der Waals surface area contributed by atoms with Crippen molar-refractivity contribution in [3.05, 3.63) is 83.9 Å². The van der Waals surface area contributed by atoms with Gasteiger partial charge >= 0.3 is 0 Å². The summed E-state index contributed by atoms with van der Waals surface area (Å²) < 4.78 is 0. The highest BCUT2D eigenvalue weighted by Crippen LogP contribution is 2.24. The maximum absolute atomic E-state index is 12.3. The molecular weight excluding hydrogens is 374 g/mol. The molecule has 0 heterocycles. The van der Waals surface area contributed by atoms with Gasteiger partial charge in [-0.15, -0.1) is 0 Å². The molecular formula is C21H17N3O3S. The van der Waals surface area contributed by atoms with E-state index >= 15 is 0 Å². The zero-order chi connectivity index (χ0) is 19.9. The molecule has 7 heteroatoms. The zero-order valence-corrected chi connectivity index (χ0v) is 15.5. The first-order chi connectivity index (χ1) is 13.5. The minimum Gasteiger partial charge on any atom is -0.507 e. The molecule has 2 amide bonds. The topological polar surface area (TPSA) is 90.5 Å². The highest BCUT2D eigenvalue weighted by molar-refractivity contribution is 7.80. The summed E-state index contributed by atoms with van der Waals surface area (Å²) in [6.45, 7) is 0. The second kappa shape index (κ2) is 8.79. The quantitative estimate of drug-likeness (QED) is 0.313. The third kappa shape index (κ3) is 4.93. The predicted octanol–water partition coefficient (Wildman–Crippen LogP) is 2.89. The molecule has 3 aromatic rings. The summed E-state index contributed by atoms with van der Waals surface area (Å²) in [5, 5.41) is 14.0. The molecule has 0 saturated carbocycles. The highest BCUT2D eigenvalue weighted by atomic mass is 32.1. The molecule has 0 bridgehead atoms. The van der Waals surface area contributed by atoms with E-state index in [4.69, 9.17) is 12.2 Å². The van der Waals surface area contributed by atoms with Crippen LogP contribution in [-0.4, -0.2) is 22.0 Å². The summed E-state index contributed by atoms with van der Waals surface area (Å²) in [4.78, 5) is 24.2. The lowest BCUT2D eigenvalue weighted by Gasteiger charge is -2.11. The predicted molar refractivity (Wildman–Crippen MR) is 112 cm³/mol. The SMILES string of the molecule is O=C(/C=C/c1ccccc1)NC(=S)NNC(=O)c1cc2ccccc2cc1O. The number of carbonyl (C=O) groups is 2. The van der Waals surface area contributed by atoms with Crippen molar-refractivity contribution in [2.45, 2.75) is 0 Å². The van der Waals surface area contributed by atoms with Gasteiger partial charge in [0.1, 0.15) is 5.75 Å². The molecule has 140 valence electrons. The number of aromatic hydroxyl groups is 1. The first-order valence-corrected chi connectivity index (χ1v) is 8.80. The Morgan fingerprint density at radius 1 is 0.893 bits per heavy atom. The van der Waals surface area contributed by atoms with Crippen LogP contribution in [0, 0.1) is 0 Å². The van der Waals surface area contributed by atoms with Crippen molar-refractivity contribution in [1.29, 1.82) is 0 Å². The van der Waals surface area contributed by atoms with Gasteiger partial charge in [-0.05, 0) is 46.8 Å². The molecule has 0 aromatic heterocycles. The lowest BCUT2D eigenvalue weighted by molar-refractivity contribution is -0.115. The Balaban J connectivity index is 1.55. The van der Waals surface area contributed by atoms with E-state index in [1.807, 2.05) is 54.6 Å². The molecule has 0 aliphatic rings. The van der Waals surface area contributed by atoms with Crippen molar-refractivity contribution >= 4 is 46.0 Å². The Kier molecular flexibility index (Phi) is 5.98. The molecule has 3 rings (SSSR count). The number of thiocarbonyl (C=S) groups is 1. The van der Waals surface area contributed by atoms with E-state index in [0.29, 0.717) is 0 Å². The number of carbonyl (C=O) groups excluding carboxylic acids is 2. The van der Waals surface area contributed by atoms with Crippen LogP contribution in [0.2, 0.25) is 0 Å². The minimum absolute atomic E-state index is 0.0728. The smallest absolute Gasteiger partial charge is 0.273 e. The molecule has 0 aliphatic carbocycles. The second-order valence-corrected chi connectivity index (χ2v) is 6.27. The van der Waals surface area contributed by atoms with Crippen LogP contribution in [0.15, 0.2) is 72.8 Å². The van der Waals surface area contributed by atoms with Gasteiger partial charge in [0.25, 0.3) is 5.91 Å². The van der Waals surface area contributed by atoms with E-state index in [1.54, 1.807) is 12.1 Å². The van der Waals surface area contributed by atoms with Gasteiger partial charge in [-0.3, -0.25) is 25.8 Å². The van der Waals surface area contributed by atoms with Crippen molar-refractivity contribution < 1.29 is 14.7 Å². The van der Waals surface area contributed by atoms with Gasteiger partial charge in [0.2, 0.25) is 5.91 Å².